The molecule has 0 unspecified atom stereocenters. The summed E-state index contributed by atoms with van der Waals surface area (Å²) in [6, 6.07) is 0. The van der Waals surface area contributed by atoms with E-state index in [0.29, 0.717) is 0 Å². The lowest BCUT2D eigenvalue weighted by Crippen LogP contribution is -1.88. The lowest BCUT2D eigenvalue weighted by molar-refractivity contribution is 0.702. The number of nitrogens with zero attached hydrogens (tertiary/aromatic N) is 3. The Morgan fingerprint density at radius 1 is 1.75 bits per heavy atom. The van der Waals surface area contributed by atoms with E-state index in [-0.39, 0.29) is 0 Å². The van der Waals surface area contributed by atoms with E-state index in [1.807, 2.05) is 7.05 Å². The first-order chi connectivity index (χ1) is 3.72. The van der Waals surface area contributed by atoms with Gasteiger partial charge in [-0.2, -0.15) is 0 Å². The van der Waals surface area contributed by atoms with Gasteiger partial charge < -0.3 is 0 Å². The summed E-state index contributed by atoms with van der Waals surface area (Å²) in [5, 5.41) is 7.50. The smallest absolute Gasteiger partial charge is 0.157 e. The number of aryl methyl sites for hydroxylation is 1. The molecule has 0 atom stereocenters. The van der Waals surface area contributed by atoms with Crippen molar-refractivity contribution in [3.8, 4) is 0 Å². The van der Waals surface area contributed by atoms with Crippen LogP contribution in [0.15, 0.2) is 4.60 Å². The van der Waals surface area contributed by atoms with Gasteiger partial charge in [0.2, 0.25) is 0 Å². The molecule has 8 heavy (non-hydrogen) atoms. The predicted octanol–water partition coefficient (Wildman–Crippen LogP) is 1.18. The highest BCUT2D eigenvalue weighted by Crippen LogP contribution is 2.13. The highest BCUT2D eigenvalue weighted by atomic mass is 127. The fraction of sp³-hybridized carbons (Fsp3) is 0.333. The molecule has 0 aliphatic rings. The molecule has 1 aromatic heterocycles. The summed E-state index contributed by atoms with van der Waals surface area (Å²) < 4.78 is 3.49. The van der Waals surface area contributed by atoms with Crippen molar-refractivity contribution in [1.82, 2.24) is 15.0 Å². The van der Waals surface area contributed by atoms with E-state index in [2.05, 4.69) is 48.8 Å². The Bertz CT molecular complexity index is 177. The van der Waals surface area contributed by atoms with Gasteiger partial charge in [0.15, 0.2) is 3.70 Å². The monoisotopic (exact) mass is 287 g/mol. The van der Waals surface area contributed by atoms with Gasteiger partial charge >= 0.3 is 0 Å². The molecule has 0 aliphatic heterocycles. The minimum absolute atomic E-state index is 0.894. The van der Waals surface area contributed by atoms with Crippen molar-refractivity contribution < 1.29 is 0 Å². The maximum atomic E-state index is 3.77. The summed E-state index contributed by atoms with van der Waals surface area (Å²) in [7, 11) is 1.83. The van der Waals surface area contributed by atoms with E-state index in [0.717, 1.165) is 8.30 Å². The summed E-state index contributed by atoms with van der Waals surface area (Å²) in [6.07, 6.45) is 0. The van der Waals surface area contributed by atoms with Gasteiger partial charge in [0.05, 0.1) is 0 Å². The molecular weight excluding hydrogens is 285 g/mol. The fourth-order valence-corrected chi connectivity index (χ4v) is 0.916. The second kappa shape index (κ2) is 2.30. The molecule has 0 radical (unpaired) electrons. The van der Waals surface area contributed by atoms with Crippen LogP contribution in [0.3, 0.4) is 0 Å². The van der Waals surface area contributed by atoms with Crippen LogP contribution < -0.4 is 0 Å². The van der Waals surface area contributed by atoms with Gasteiger partial charge in [-0.05, 0) is 38.5 Å². The zero-order valence-electron chi connectivity index (χ0n) is 4.10. The third-order valence-electron chi connectivity index (χ3n) is 0.721. The van der Waals surface area contributed by atoms with E-state index in [9.17, 15) is 0 Å². The van der Waals surface area contributed by atoms with Crippen LogP contribution in [0.1, 0.15) is 0 Å². The topological polar surface area (TPSA) is 30.7 Å². The first-order valence-electron chi connectivity index (χ1n) is 1.92. The van der Waals surface area contributed by atoms with Crippen LogP contribution in [-0.4, -0.2) is 15.0 Å². The van der Waals surface area contributed by atoms with Crippen LogP contribution in [0.25, 0.3) is 0 Å². The molecule has 0 saturated carbocycles. The lowest BCUT2D eigenvalue weighted by Gasteiger charge is -1.84. The Morgan fingerprint density at radius 3 is 2.50 bits per heavy atom. The second-order valence-corrected chi connectivity index (χ2v) is 3.07. The first kappa shape index (κ1) is 6.47. The number of hydrogen-bond donors (Lipinski definition) is 0. The van der Waals surface area contributed by atoms with Gasteiger partial charge in [0.1, 0.15) is 4.60 Å². The fourth-order valence-electron chi connectivity index (χ4n) is 0.320. The molecule has 0 aromatic carbocycles. The van der Waals surface area contributed by atoms with E-state index in [1.165, 1.54) is 0 Å². The van der Waals surface area contributed by atoms with Crippen LogP contribution in [0.4, 0.5) is 0 Å². The molecule has 0 N–H and O–H groups in total. The normalized spacial score (nSPS) is 9.88. The van der Waals surface area contributed by atoms with E-state index >= 15 is 0 Å². The standard InChI is InChI=1S/C3H3BrIN3/c1-8-2(4)3(5)6-7-8/h1H3. The van der Waals surface area contributed by atoms with Crippen LogP contribution in [-0.2, 0) is 7.05 Å². The number of aromatic nitrogens is 3. The molecule has 1 heterocycles. The highest BCUT2D eigenvalue weighted by molar-refractivity contribution is 14.1. The molecule has 0 aliphatic carbocycles. The van der Waals surface area contributed by atoms with Gasteiger partial charge in [0.25, 0.3) is 0 Å². The van der Waals surface area contributed by atoms with Crippen molar-refractivity contribution in [3.05, 3.63) is 8.30 Å². The summed E-state index contributed by atoms with van der Waals surface area (Å²) in [5.74, 6) is 0. The molecule has 1 rings (SSSR count). The van der Waals surface area contributed by atoms with Crippen molar-refractivity contribution in [2.45, 2.75) is 0 Å². The van der Waals surface area contributed by atoms with Crippen LogP contribution in [0.5, 0.6) is 0 Å². The molecule has 0 spiro atoms. The minimum Gasteiger partial charge on any atom is -0.240 e. The van der Waals surface area contributed by atoms with Crippen molar-refractivity contribution in [3.63, 3.8) is 0 Å². The molecule has 44 valence electrons. The van der Waals surface area contributed by atoms with Gasteiger partial charge in [0, 0.05) is 7.05 Å². The SMILES string of the molecule is Cn1nnc(I)c1Br. The molecule has 0 amide bonds. The zero-order valence-corrected chi connectivity index (χ0v) is 7.84. The van der Waals surface area contributed by atoms with Gasteiger partial charge in [-0.1, -0.05) is 5.21 Å². The van der Waals surface area contributed by atoms with E-state index < -0.39 is 0 Å². The van der Waals surface area contributed by atoms with Crippen molar-refractivity contribution in [1.29, 1.82) is 0 Å². The zero-order chi connectivity index (χ0) is 6.15. The molecule has 0 fully saturated rings. The number of halogens is 2. The molecule has 1 aromatic rings. The number of rotatable bonds is 0. The van der Waals surface area contributed by atoms with Gasteiger partial charge in [-0.15, -0.1) is 5.10 Å². The van der Waals surface area contributed by atoms with Crippen LogP contribution in [0.2, 0.25) is 0 Å². The predicted molar refractivity (Wildman–Crippen MR) is 41.4 cm³/mol. The molecule has 0 bridgehead atoms. The maximum Gasteiger partial charge on any atom is 0.157 e. The molecular formula is C3H3BrIN3. The second-order valence-electron chi connectivity index (χ2n) is 1.29. The lowest BCUT2D eigenvalue weighted by atomic mass is 10.9. The molecule has 0 saturated heterocycles. The summed E-state index contributed by atoms with van der Waals surface area (Å²) >= 11 is 5.38. The van der Waals surface area contributed by atoms with Gasteiger partial charge in [-0.3, -0.25) is 0 Å². The Balaban J connectivity index is 3.19. The summed E-state index contributed by atoms with van der Waals surface area (Å²) in [5.41, 5.74) is 0. The Kier molecular flexibility index (Phi) is 1.86. The van der Waals surface area contributed by atoms with Crippen LogP contribution >= 0.6 is 38.5 Å². The summed E-state index contributed by atoms with van der Waals surface area (Å²) in [6.45, 7) is 0. The largest absolute Gasteiger partial charge is 0.240 e. The quantitative estimate of drug-likeness (QED) is 0.671. The Labute approximate surface area is 68.7 Å². The molecule has 5 heteroatoms. The van der Waals surface area contributed by atoms with Crippen molar-refractivity contribution in [2.75, 3.05) is 0 Å². The first-order valence-corrected chi connectivity index (χ1v) is 3.79. The van der Waals surface area contributed by atoms with Crippen molar-refractivity contribution >= 4 is 38.5 Å². The Morgan fingerprint density at radius 2 is 2.38 bits per heavy atom. The molecule has 3 nitrogen and oxygen atoms in total. The summed E-state index contributed by atoms with van der Waals surface area (Å²) in [4.78, 5) is 0. The van der Waals surface area contributed by atoms with E-state index in [1.54, 1.807) is 4.68 Å². The van der Waals surface area contributed by atoms with Crippen molar-refractivity contribution in [2.24, 2.45) is 7.05 Å². The van der Waals surface area contributed by atoms with E-state index in [4.69, 9.17) is 0 Å². The average Bonchev–Trinajstić information content (AvgIpc) is 1.98. The average molecular weight is 288 g/mol. The van der Waals surface area contributed by atoms with Crippen LogP contribution in [0, 0.1) is 3.70 Å². The third kappa shape index (κ3) is 1.02. The Hall–Kier alpha value is 0.350. The highest BCUT2D eigenvalue weighted by Gasteiger charge is 2.00. The maximum absolute atomic E-state index is 3.77. The van der Waals surface area contributed by atoms with Gasteiger partial charge in [-0.25, -0.2) is 4.68 Å². The number of hydrogen-bond acceptors (Lipinski definition) is 2. The minimum atomic E-state index is 0.894. The third-order valence-corrected chi connectivity index (χ3v) is 3.08.